The van der Waals surface area contributed by atoms with Gasteiger partial charge in [-0.15, -0.1) is 0 Å². The molecule has 0 saturated carbocycles. The Balaban J connectivity index is 1.85. The Bertz CT molecular complexity index is 901. The van der Waals surface area contributed by atoms with E-state index in [-0.39, 0.29) is 11.5 Å². The number of methoxy groups -OCH3 is 1. The number of aromatic nitrogens is 1. The van der Waals surface area contributed by atoms with Gasteiger partial charge >= 0.3 is 0 Å². The normalized spacial score (nSPS) is 16.4. The van der Waals surface area contributed by atoms with Crippen molar-refractivity contribution in [1.82, 2.24) is 4.57 Å². The maximum absolute atomic E-state index is 13.6. The molecule has 1 aromatic carbocycles. The van der Waals surface area contributed by atoms with Crippen molar-refractivity contribution >= 4 is 11.6 Å². The fraction of sp³-hybridized carbons (Fsp3) is 0.429. The SMILES string of the molecule is COc1cc(=O)n2c(c1C(=O)N1CCCc3ccccc31)CCCCC2. The first-order valence-electron chi connectivity index (χ1n) is 9.41. The van der Waals surface area contributed by atoms with Gasteiger partial charge in [-0.05, 0) is 43.7 Å². The second kappa shape index (κ2) is 6.98. The zero-order chi connectivity index (χ0) is 18.1. The van der Waals surface area contributed by atoms with Gasteiger partial charge in [0.25, 0.3) is 11.5 Å². The highest BCUT2D eigenvalue weighted by Gasteiger charge is 2.30. The van der Waals surface area contributed by atoms with Gasteiger partial charge in [0.05, 0.1) is 7.11 Å². The molecule has 0 radical (unpaired) electrons. The number of anilines is 1. The lowest BCUT2D eigenvalue weighted by Crippen LogP contribution is -2.38. The molecule has 136 valence electrons. The Hall–Kier alpha value is -2.56. The van der Waals surface area contributed by atoms with Gasteiger partial charge in [0.15, 0.2) is 0 Å². The smallest absolute Gasteiger partial charge is 0.263 e. The number of amides is 1. The second-order valence-corrected chi connectivity index (χ2v) is 7.02. The summed E-state index contributed by atoms with van der Waals surface area (Å²) in [5.74, 6) is 0.343. The first-order valence-corrected chi connectivity index (χ1v) is 9.41. The highest BCUT2D eigenvalue weighted by molar-refractivity contribution is 6.09. The molecule has 5 heteroatoms. The van der Waals surface area contributed by atoms with Crippen molar-refractivity contribution in [3.8, 4) is 5.75 Å². The van der Waals surface area contributed by atoms with Gasteiger partial charge in [-0.2, -0.15) is 0 Å². The third kappa shape index (κ3) is 2.81. The Kier molecular flexibility index (Phi) is 4.53. The molecule has 0 atom stereocenters. The Morgan fingerprint density at radius 1 is 1.04 bits per heavy atom. The first-order chi connectivity index (χ1) is 12.7. The van der Waals surface area contributed by atoms with Crippen LogP contribution in [0.15, 0.2) is 35.1 Å². The number of hydrogen-bond acceptors (Lipinski definition) is 3. The first kappa shape index (κ1) is 16.9. The summed E-state index contributed by atoms with van der Waals surface area (Å²) in [4.78, 5) is 27.9. The number of nitrogens with zero attached hydrogens (tertiary/aromatic N) is 2. The number of benzene rings is 1. The summed E-state index contributed by atoms with van der Waals surface area (Å²) in [5.41, 5.74) is 3.49. The van der Waals surface area contributed by atoms with Crippen LogP contribution in [0.3, 0.4) is 0 Å². The van der Waals surface area contributed by atoms with Crippen molar-refractivity contribution in [1.29, 1.82) is 0 Å². The minimum absolute atomic E-state index is 0.0559. The number of rotatable bonds is 2. The van der Waals surface area contributed by atoms with E-state index >= 15 is 0 Å². The van der Waals surface area contributed by atoms with E-state index in [9.17, 15) is 9.59 Å². The number of ether oxygens (including phenoxy) is 1. The number of fused-ring (bicyclic) bond motifs is 2. The monoisotopic (exact) mass is 352 g/mol. The van der Waals surface area contributed by atoms with E-state index in [2.05, 4.69) is 6.07 Å². The predicted octanol–water partition coefficient (Wildman–Crippen LogP) is 3.18. The third-order valence-corrected chi connectivity index (χ3v) is 5.47. The summed E-state index contributed by atoms with van der Waals surface area (Å²) < 4.78 is 7.25. The fourth-order valence-corrected chi connectivity index (χ4v) is 4.19. The molecule has 0 bridgehead atoms. The molecule has 1 amide bonds. The lowest BCUT2D eigenvalue weighted by atomic mass is 9.99. The van der Waals surface area contributed by atoms with Crippen molar-refractivity contribution in [2.75, 3.05) is 18.6 Å². The van der Waals surface area contributed by atoms with Crippen LogP contribution in [0, 0.1) is 0 Å². The maximum atomic E-state index is 13.6. The van der Waals surface area contributed by atoms with E-state index in [0.29, 0.717) is 24.4 Å². The standard InChI is InChI=1S/C21H24N2O3/c1-26-18-14-19(24)22-12-6-2-3-11-17(22)20(18)21(25)23-13-7-9-15-8-4-5-10-16(15)23/h4-5,8,10,14H,2-3,6-7,9,11-13H2,1H3. The summed E-state index contributed by atoms with van der Waals surface area (Å²) in [6.07, 6.45) is 5.71. The zero-order valence-electron chi connectivity index (χ0n) is 15.2. The molecule has 2 aliphatic heterocycles. The van der Waals surface area contributed by atoms with Crippen LogP contribution in [0.1, 0.15) is 47.3 Å². The van der Waals surface area contributed by atoms with Gasteiger partial charge in [0.2, 0.25) is 0 Å². The number of pyridine rings is 1. The lowest BCUT2D eigenvalue weighted by Gasteiger charge is -2.31. The van der Waals surface area contributed by atoms with Crippen LogP contribution in [0.2, 0.25) is 0 Å². The molecule has 0 fully saturated rings. The van der Waals surface area contributed by atoms with E-state index in [1.54, 1.807) is 4.57 Å². The van der Waals surface area contributed by atoms with E-state index in [1.165, 1.54) is 18.7 Å². The zero-order valence-corrected chi connectivity index (χ0v) is 15.2. The lowest BCUT2D eigenvalue weighted by molar-refractivity contribution is 0.0980. The Morgan fingerprint density at radius 3 is 2.73 bits per heavy atom. The number of carbonyl (C=O) groups is 1. The van der Waals surface area contributed by atoms with E-state index < -0.39 is 0 Å². The minimum Gasteiger partial charge on any atom is -0.496 e. The van der Waals surface area contributed by atoms with Crippen LogP contribution < -0.4 is 15.2 Å². The molecule has 2 aromatic rings. The van der Waals surface area contributed by atoms with Gasteiger partial charge in [-0.3, -0.25) is 9.59 Å². The summed E-state index contributed by atoms with van der Waals surface area (Å²) >= 11 is 0. The minimum atomic E-state index is -0.0747. The largest absolute Gasteiger partial charge is 0.496 e. The van der Waals surface area contributed by atoms with Crippen molar-refractivity contribution in [3.63, 3.8) is 0 Å². The number of carbonyl (C=O) groups excluding carboxylic acids is 1. The molecule has 0 spiro atoms. The predicted molar refractivity (Wildman–Crippen MR) is 101 cm³/mol. The molecule has 1 aromatic heterocycles. The molecule has 0 N–H and O–H groups in total. The molecule has 0 aliphatic carbocycles. The van der Waals surface area contributed by atoms with E-state index in [0.717, 1.165) is 49.9 Å². The fourth-order valence-electron chi connectivity index (χ4n) is 4.19. The summed E-state index contributed by atoms with van der Waals surface area (Å²) in [7, 11) is 1.53. The van der Waals surface area contributed by atoms with Gasteiger partial charge in [-0.1, -0.05) is 24.6 Å². The molecule has 26 heavy (non-hydrogen) atoms. The number of para-hydroxylation sites is 1. The highest BCUT2D eigenvalue weighted by atomic mass is 16.5. The highest BCUT2D eigenvalue weighted by Crippen LogP contribution is 2.32. The van der Waals surface area contributed by atoms with Crippen LogP contribution in [0.5, 0.6) is 5.75 Å². The van der Waals surface area contributed by atoms with Crippen molar-refractivity contribution < 1.29 is 9.53 Å². The molecule has 3 heterocycles. The van der Waals surface area contributed by atoms with Crippen LogP contribution in [-0.4, -0.2) is 24.1 Å². The topological polar surface area (TPSA) is 51.5 Å². The number of hydrogen-bond donors (Lipinski definition) is 0. The van der Waals surface area contributed by atoms with Crippen molar-refractivity contribution in [2.24, 2.45) is 0 Å². The van der Waals surface area contributed by atoms with Gasteiger partial charge in [0.1, 0.15) is 11.3 Å². The second-order valence-electron chi connectivity index (χ2n) is 7.02. The third-order valence-electron chi connectivity index (χ3n) is 5.47. The molecule has 5 nitrogen and oxygen atoms in total. The van der Waals surface area contributed by atoms with E-state index in [1.807, 2.05) is 23.1 Å². The summed E-state index contributed by atoms with van der Waals surface area (Å²) in [6, 6.07) is 9.55. The quantitative estimate of drug-likeness (QED) is 0.834. The molecule has 2 aliphatic rings. The Labute approximate surface area is 153 Å². The van der Waals surface area contributed by atoms with Gasteiger partial charge < -0.3 is 14.2 Å². The van der Waals surface area contributed by atoms with E-state index in [4.69, 9.17) is 4.74 Å². The molecule has 0 unspecified atom stereocenters. The molecular formula is C21H24N2O3. The van der Waals surface area contributed by atoms with Gasteiger partial charge in [0, 0.05) is 30.5 Å². The summed E-state index contributed by atoms with van der Waals surface area (Å²) in [6.45, 7) is 1.37. The maximum Gasteiger partial charge on any atom is 0.263 e. The van der Waals surface area contributed by atoms with Crippen molar-refractivity contribution in [2.45, 2.75) is 45.1 Å². The van der Waals surface area contributed by atoms with Crippen LogP contribution in [0.4, 0.5) is 5.69 Å². The van der Waals surface area contributed by atoms with Crippen LogP contribution in [0.25, 0.3) is 0 Å². The average molecular weight is 352 g/mol. The average Bonchev–Trinajstić information content (AvgIpc) is 2.93. The molecular weight excluding hydrogens is 328 g/mol. The van der Waals surface area contributed by atoms with Crippen LogP contribution in [-0.2, 0) is 19.4 Å². The summed E-state index contributed by atoms with van der Waals surface area (Å²) in [5, 5.41) is 0. The number of aryl methyl sites for hydroxylation is 1. The molecule has 0 saturated heterocycles. The molecule has 4 rings (SSSR count). The Morgan fingerprint density at radius 2 is 1.88 bits per heavy atom. The van der Waals surface area contributed by atoms with Crippen molar-refractivity contribution in [3.05, 3.63) is 57.5 Å². The van der Waals surface area contributed by atoms with Gasteiger partial charge in [-0.25, -0.2) is 0 Å². The van der Waals surface area contributed by atoms with Crippen LogP contribution >= 0.6 is 0 Å².